The van der Waals surface area contributed by atoms with E-state index in [0.717, 1.165) is 68.5 Å². The maximum atomic E-state index is 14.1. The number of hydrogen-bond donors (Lipinski definition) is 1. The molecule has 42 heavy (non-hydrogen) atoms. The van der Waals surface area contributed by atoms with Gasteiger partial charge in [0, 0.05) is 27.7 Å². The van der Waals surface area contributed by atoms with Crippen LogP contribution in [0.5, 0.6) is 11.5 Å². The molecule has 4 nitrogen and oxygen atoms in total. The molecule has 216 valence electrons. The van der Waals surface area contributed by atoms with Crippen molar-refractivity contribution in [2.45, 2.75) is 84.5 Å². The molecular weight excluding hydrogens is 539 g/mol. The van der Waals surface area contributed by atoms with E-state index in [4.69, 9.17) is 9.05 Å². The molecule has 0 amide bonds. The Labute approximate surface area is 249 Å². The fourth-order valence-electron chi connectivity index (χ4n) is 8.64. The number of benzene rings is 4. The van der Waals surface area contributed by atoms with Gasteiger partial charge in [0.15, 0.2) is 0 Å². The molecule has 0 unspecified atom stereocenters. The van der Waals surface area contributed by atoms with Crippen molar-refractivity contribution in [1.29, 1.82) is 0 Å². The van der Waals surface area contributed by atoms with Gasteiger partial charge in [-0.2, -0.15) is 0 Å². The monoisotopic (exact) mass is 578 g/mol. The van der Waals surface area contributed by atoms with Crippen LogP contribution in [-0.2, 0) is 20.8 Å². The summed E-state index contributed by atoms with van der Waals surface area (Å²) in [5.74, 6) is 0.972. The van der Waals surface area contributed by atoms with Crippen molar-refractivity contribution in [3.63, 3.8) is 0 Å². The molecule has 4 aromatic rings. The summed E-state index contributed by atoms with van der Waals surface area (Å²) in [7, 11) is -4.59. The third-order valence-electron chi connectivity index (χ3n) is 9.70. The van der Waals surface area contributed by atoms with Gasteiger partial charge in [0.25, 0.3) is 0 Å². The van der Waals surface area contributed by atoms with Gasteiger partial charge in [-0.15, -0.1) is 0 Å². The van der Waals surface area contributed by atoms with Crippen LogP contribution in [0.1, 0.15) is 85.0 Å². The second-order valence-electron chi connectivity index (χ2n) is 14.3. The van der Waals surface area contributed by atoms with Crippen molar-refractivity contribution in [3.8, 4) is 33.8 Å². The molecule has 0 saturated carbocycles. The second-order valence-corrected chi connectivity index (χ2v) is 15.6. The topological polar surface area (TPSA) is 55.8 Å². The van der Waals surface area contributed by atoms with Crippen LogP contribution >= 0.6 is 7.82 Å². The van der Waals surface area contributed by atoms with Gasteiger partial charge in [0.2, 0.25) is 0 Å². The highest BCUT2D eigenvalue weighted by molar-refractivity contribution is 7.48. The first-order valence-electron chi connectivity index (χ1n) is 14.9. The minimum atomic E-state index is -4.59. The number of phosphoric acid groups is 1. The Hall–Kier alpha value is -3.33. The second kappa shape index (κ2) is 8.62. The van der Waals surface area contributed by atoms with Gasteiger partial charge >= 0.3 is 7.82 Å². The lowest BCUT2D eigenvalue weighted by Gasteiger charge is -2.35. The van der Waals surface area contributed by atoms with Gasteiger partial charge in [-0.25, -0.2) is 4.57 Å². The molecule has 1 aliphatic heterocycles. The predicted molar refractivity (Wildman–Crippen MR) is 170 cm³/mol. The molecule has 0 fully saturated rings. The van der Waals surface area contributed by atoms with E-state index in [0.29, 0.717) is 11.5 Å². The first-order valence-corrected chi connectivity index (χ1v) is 16.4. The lowest BCUT2D eigenvalue weighted by molar-refractivity contribution is 0.276. The number of phosphoric ester groups is 1. The molecule has 0 atom stereocenters. The minimum Gasteiger partial charge on any atom is -0.394 e. The first-order chi connectivity index (χ1) is 19.6. The largest absolute Gasteiger partial charge is 0.584 e. The average Bonchev–Trinajstić information content (AvgIpc) is 3.21. The zero-order chi connectivity index (χ0) is 30.0. The van der Waals surface area contributed by atoms with Crippen LogP contribution in [0.4, 0.5) is 0 Å². The standard InChI is InChI=1S/C37H39O4P/c1-21-13-22(2)16-25(15-21)27-9-11-29-31-33(27)40-42(38,39)41-34-28(26-17-23(3)14-24(4)18-26)10-12-30-32(34)37(31,19-35(29,5)6)20-36(30,7)8/h9-18H,19-20H2,1-8H3,(H,38,39). The molecule has 5 heteroatoms. The van der Waals surface area contributed by atoms with E-state index in [2.05, 4.69) is 116 Å². The Morgan fingerprint density at radius 1 is 0.619 bits per heavy atom. The van der Waals surface area contributed by atoms with Gasteiger partial charge in [0.05, 0.1) is 0 Å². The third kappa shape index (κ3) is 3.95. The Balaban J connectivity index is 1.62. The van der Waals surface area contributed by atoms with Crippen molar-refractivity contribution in [2.75, 3.05) is 0 Å². The van der Waals surface area contributed by atoms with Gasteiger partial charge in [0.1, 0.15) is 11.5 Å². The van der Waals surface area contributed by atoms with Crippen LogP contribution in [0.3, 0.4) is 0 Å². The highest BCUT2D eigenvalue weighted by Gasteiger charge is 2.61. The molecule has 3 aliphatic rings. The molecule has 7 rings (SSSR count). The molecule has 2 aliphatic carbocycles. The molecule has 1 spiro atoms. The summed E-state index contributed by atoms with van der Waals surface area (Å²) in [5.41, 5.74) is 11.8. The van der Waals surface area contributed by atoms with Crippen LogP contribution < -0.4 is 9.05 Å². The minimum absolute atomic E-state index is 0.177. The van der Waals surface area contributed by atoms with Gasteiger partial charge in [-0.1, -0.05) is 111 Å². The normalized spacial score (nSPS) is 19.6. The lowest BCUT2D eigenvalue weighted by Crippen LogP contribution is -2.29. The van der Waals surface area contributed by atoms with E-state index >= 15 is 0 Å². The molecule has 4 aromatic carbocycles. The molecular formula is C37H39O4P. The summed E-state index contributed by atoms with van der Waals surface area (Å²) >= 11 is 0. The highest BCUT2D eigenvalue weighted by Crippen LogP contribution is 2.71. The molecule has 0 radical (unpaired) electrons. The SMILES string of the molecule is Cc1cc(C)cc(-c2ccc3c4c2OP(=O)(O)Oc2c(-c5cc(C)cc(C)c5)ccc5c2C4(CC3(C)C)CC5(C)C)c1. The van der Waals surface area contributed by atoms with Crippen LogP contribution in [0.2, 0.25) is 0 Å². The Morgan fingerprint density at radius 3 is 1.33 bits per heavy atom. The van der Waals surface area contributed by atoms with Crippen LogP contribution in [-0.4, -0.2) is 4.89 Å². The third-order valence-corrected chi connectivity index (χ3v) is 10.5. The van der Waals surface area contributed by atoms with E-state index in [-0.39, 0.29) is 10.8 Å². The summed E-state index contributed by atoms with van der Waals surface area (Å²) in [6.07, 6.45) is 1.72. The van der Waals surface area contributed by atoms with Crippen molar-refractivity contribution < 1.29 is 18.5 Å². The zero-order valence-electron chi connectivity index (χ0n) is 25.8. The Morgan fingerprint density at radius 2 is 0.976 bits per heavy atom. The van der Waals surface area contributed by atoms with Crippen LogP contribution in [0.15, 0.2) is 60.7 Å². The maximum absolute atomic E-state index is 14.1. The molecule has 0 aromatic heterocycles. The first kappa shape index (κ1) is 27.5. The van der Waals surface area contributed by atoms with E-state index in [9.17, 15) is 9.46 Å². The summed E-state index contributed by atoms with van der Waals surface area (Å²) in [4.78, 5) is 11.5. The summed E-state index contributed by atoms with van der Waals surface area (Å²) in [6, 6.07) is 21.4. The van der Waals surface area contributed by atoms with Gasteiger partial charge in [-0.3, -0.25) is 4.89 Å². The Bertz CT molecular complexity index is 1710. The van der Waals surface area contributed by atoms with Crippen molar-refractivity contribution in [3.05, 3.63) is 105 Å². The zero-order valence-corrected chi connectivity index (χ0v) is 26.7. The maximum Gasteiger partial charge on any atom is 0.584 e. The van der Waals surface area contributed by atoms with Crippen LogP contribution in [0.25, 0.3) is 22.3 Å². The van der Waals surface area contributed by atoms with Crippen molar-refractivity contribution >= 4 is 7.82 Å². The fraction of sp³-hybridized carbons (Fsp3) is 0.351. The average molecular weight is 579 g/mol. The number of aryl methyl sites for hydroxylation is 4. The summed E-state index contributed by atoms with van der Waals surface area (Å²) in [6.45, 7) is 17.5. The fourth-order valence-corrected chi connectivity index (χ4v) is 9.52. The predicted octanol–water partition coefficient (Wildman–Crippen LogP) is 9.77. The molecule has 1 N–H and O–H groups in total. The number of rotatable bonds is 2. The summed E-state index contributed by atoms with van der Waals surface area (Å²) in [5, 5.41) is 0. The van der Waals surface area contributed by atoms with Gasteiger partial charge < -0.3 is 9.05 Å². The lowest BCUT2D eigenvalue weighted by atomic mass is 9.71. The smallest absolute Gasteiger partial charge is 0.394 e. The van der Waals surface area contributed by atoms with Crippen molar-refractivity contribution in [2.24, 2.45) is 0 Å². The molecule has 1 heterocycles. The van der Waals surface area contributed by atoms with E-state index in [1.54, 1.807) is 0 Å². The van der Waals surface area contributed by atoms with Crippen LogP contribution in [0, 0.1) is 27.7 Å². The molecule has 0 saturated heterocycles. The van der Waals surface area contributed by atoms with E-state index in [1.165, 1.54) is 11.1 Å². The highest BCUT2D eigenvalue weighted by atomic mass is 31.2. The van der Waals surface area contributed by atoms with Crippen molar-refractivity contribution in [1.82, 2.24) is 0 Å². The van der Waals surface area contributed by atoms with E-state index in [1.807, 2.05) is 0 Å². The van der Waals surface area contributed by atoms with E-state index < -0.39 is 13.2 Å². The summed E-state index contributed by atoms with van der Waals surface area (Å²) < 4.78 is 26.6. The van der Waals surface area contributed by atoms with Gasteiger partial charge in [-0.05, 0) is 73.6 Å². The molecule has 0 bridgehead atoms. The quantitative estimate of drug-likeness (QED) is 0.241. The Kier molecular flexibility index (Phi) is 5.64. The number of hydrogen-bond acceptors (Lipinski definition) is 3.